The molecule has 8 rings (SSSR count). The van der Waals surface area contributed by atoms with Crippen molar-refractivity contribution in [1.82, 2.24) is 10.2 Å². The number of fused-ring (bicyclic) bond motifs is 9. The molecule has 0 aromatic heterocycles. The van der Waals surface area contributed by atoms with E-state index in [0.717, 1.165) is 51.9 Å². The van der Waals surface area contributed by atoms with E-state index in [0.29, 0.717) is 52.1 Å². The van der Waals surface area contributed by atoms with E-state index in [-0.39, 0.29) is 16.4 Å². The van der Waals surface area contributed by atoms with E-state index in [4.69, 9.17) is 9.47 Å². The van der Waals surface area contributed by atoms with Crippen LogP contribution >= 0.6 is 0 Å². The number of hydrogen-bond donors (Lipinski definition) is 2. The fourth-order valence-electron chi connectivity index (χ4n) is 14.6. The van der Waals surface area contributed by atoms with Gasteiger partial charge in [-0.15, -0.1) is 0 Å². The van der Waals surface area contributed by atoms with Gasteiger partial charge in [-0.25, -0.2) is 4.79 Å². The van der Waals surface area contributed by atoms with E-state index in [1.807, 2.05) is 12.1 Å². The van der Waals surface area contributed by atoms with Gasteiger partial charge in [0.1, 0.15) is 0 Å². The summed E-state index contributed by atoms with van der Waals surface area (Å²) in [6, 6.07) is 8.45. The number of nitrogens with zero attached hydrogens (tertiary/aromatic N) is 1. The van der Waals surface area contributed by atoms with Crippen molar-refractivity contribution in [2.75, 3.05) is 39.5 Å². The van der Waals surface area contributed by atoms with Crippen LogP contribution in [0.1, 0.15) is 115 Å². The zero-order valence-electron chi connectivity index (χ0n) is 31.9. The Balaban J connectivity index is 1.06. The molecule has 274 valence electrons. The molecule has 0 amide bonds. The van der Waals surface area contributed by atoms with Gasteiger partial charge < -0.3 is 19.9 Å². The molecule has 6 heteroatoms. The molecule has 1 aromatic rings. The van der Waals surface area contributed by atoms with E-state index in [2.05, 4.69) is 64.4 Å². The number of aromatic carboxylic acids is 1. The van der Waals surface area contributed by atoms with Crippen molar-refractivity contribution in [1.29, 1.82) is 0 Å². The highest BCUT2D eigenvalue weighted by atomic mass is 16.5. The lowest BCUT2D eigenvalue weighted by Crippen LogP contribution is -2.68. The average molecular weight is 685 g/mol. The molecule has 2 N–H and O–H groups in total. The largest absolute Gasteiger partial charge is 0.478 e. The van der Waals surface area contributed by atoms with Crippen molar-refractivity contribution in [2.45, 2.75) is 117 Å². The zero-order chi connectivity index (χ0) is 35.3. The lowest BCUT2D eigenvalue weighted by atomic mass is 9.33. The fraction of sp³-hybridized carbons (Fsp3) is 0.750. The number of morpholine rings is 2. The van der Waals surface area contributed by atoms with Gasteiger partial charge >= 0.3 is 5.97 Å². The van der Waals surface area contributed by atoms with E-state index in [9.17, 15) is 9.90 Å². The van der Waals surface area contributed by atoms with Gasteiger partial charge in [0.15, 0.2) is 0 Å². The topological polar surface area (TPSA) is 71.0 Å². The monoisotopic (exact) mass is 684 g/mol. The number of allylic oxidation sites excluding steroid dienone is 3. The molecule has 50 heavy (non-hydrogen) atoms. The summed E-state index contributed by atoms with van der Waals surface area (Å²) in [7, 11) is 0. The van der Waals surface area contributed by atoms with E-state index < -0.39 is 5.97 Å². The summed E-state index contributed by atoms with van der Waals surface area (Å²) < 4.78 is 11.8. The van der Waals surface area contributed by atoms with Gasteiger partial charge in [-0.2, -0.15) is 0 Å². The summed E-state index contributed by atoms with van der Waals surface area (Å²) in [4.78, 5) is 14.3. The van der Waals surface area contributed by atoms with Gasteiger partial charge in [0.05, 0.1) is 44.1 Å². The molecule has 9 atom stereocenters. The Morgan fingerprint density at radius 3 is 2.20 bits per heavy atom. The first-order chi connectivity index (χ1) is 23.8. The number of hydrogen-bond acceptors (Lipinski definition) is 5. The second-order valence-electron chi connectivity index (χ2n) is 19.3. The summed E-state index contributed by atoms with van der Waals surface area (Å²) in [5.41, 5.74) is 5.52. The third-order valence-corrected chi connectivity index (χ3v) is 17.1. The van der Waals surface area contributed by atoms with Crippen LogP contribution in [-0.2, 0) is 9.47 Å². The van der Waals surface area contributed by atoms with E-state index >= 15 is 0 Å². The third-order valence-electron chi connectivity index (χ3n) is 17.1. The van der Waals surface area contributed by atoms with Crippen molar-refractivity contribution in [3.05, 3.63) is 53.6 Å². The van der Waals surface area contributed by atoms with E-state index in [1.54, 1.807) is 12.1 Å². The number of ether oxygens (including phenoxy) is 2. The molecule has 6 fully saturated rings. The van der Waals surface area contributed by atoms with Gasteiger partial charge in [0.25, 0.3) is 0 Å². The maximum atomic E-state index is 11.6. The molecule has 5 aliphatic carbocycles. The second kappa shape index (κ2) is 12.3. The summed E-state index contributed by atoms with van der Waals surface area (Å²) in [6.45, 7) is 25.4. The molecule has 6 nitrogen and oxygen atoms in total. The minimum absolute atomic E-state index is 0.0318. The number of rotatable bonds is 7. The Morgan fingerprint density at radius 1 is 0.880 bits per heavy atom. The van der Waals surface area contributed by atoms with Gasteiger partial charge in [0.2, 0.25) is 0 Å². The minimum atomic E-state index is -0.856. The summed E-state index contributed by atoms with van der Waals surface area (Å²) in [6.07, 6.45) is 14.1. The molecule has 1 aromatic carbocycles. The third kappa shape index (κ3) is 5.04. The zero-order valence-corrected chi connectivity index (χ0v) is 31.9. The molecular weight excluding hydrogens is 620 g/mol. The van der Waals surface area contributed by atoms with Crippen molar-refractivity contribution < 1.29 is 19.4 Å². The molecule has 7 aliphatic rings. The quantitative estimate of drug-likeness (QED) is 0.281. The van der Waals surface area contributed by atoms with Gasteiger partial charge in [-0.1, -0.05) is 65.0 Å². The highest BCUT2D eigenvalue weighted by Crippen LogP contribution is 2.76. The SMILES string of the molecule is C=C(C)[C@@H]1CC[C@]2(NCCN3[C@H]4COC[C@H]3COC4)CC[C@]3(C)[C@H](CC[C@@H]4[C@@]5(C)CC=C(c6ccc(C(=O)O)cc6)C(C)(C)[C@@H]5CC[C@]43C)[C@@H]12. The maximum absolute atomic E-state index is 11.6. The second-order valence-corrected chi connectivity index (χ2v) is 19.3. The standard InChI is InChI=1S/C44H64N2O4/c1-28(2)33-14-19-44(45-22-23-46-31-24-49-26-32(46)27-50-25-31)21-20-42(6)35(38(33)44)12-13-37-41(5)17-15-34(29-8-10-30(11-9-29)39(47)48)40(3,4)36(41)16-18-43(37,42)7/h8-11,15,31-33,35-38,45H,1,12-14,16-27H2,2-7H3,(H,47,48)/t31-,32-,33-,35+,36-,37+,38+,41-,42+,43+,44-/m0/s1. The van der Waals surface area contributed by atoms with Crippen molar-refractivity contribution in [3.63, 3.8) is 0 Å². The van der Waals surface area contributed by atoms with E-state index in [1.165, 1.54) is 68.1 Å². The average Bonchev–Trinajstić information content (AvgIpc) is 3.45. The Bertz CT molecular complexity index is 1510. The molecular formula is C44H64N2O4. The lowest BCUT2D eigenvalue weighted by Gasteiger charge is -2.72. The Kier molecular flexibility index (Phi) is 8.61. The number of carbonyl (C=O) groups is 1. The normalized spacial score (nSPS) is 45.0. The first-order valence-corrected chi connectivity index (χ1v) is 20.1. The van der Waals surface area contributed by atoms with Crippen LogP contribution in [0.3, 0.4) is 0 Å². The molecule has 2 aliphatic heterocycles. The molecule has 0 unspecified atom stereocenters. The Labute approximate surface area is 301 Å². The first kappa shape index (κ1) is 35.1. The molecule has 2 heterocycles. The molecule has 0 spiro atoms. The minimum Gasteiger partial charge on any atom is -0.478 e. The van der Waals surface area contributed by atoms with Crippen molar-refractivity contribution >= 4 is 11.5 Å². The highest BCUT2D eigenvalue weighted by molar-refractivity contribution is 5.88. The van der Waals surface area contributed by atoms with Crippen LogP contribution in [0, 0.1) is 51.2 Å². The van der Waals surface area contributed by atoms with Crippen LogP contribution in [0.2, 0.25) is 0 Å². The molecule has 2 saturated heterocycles. The Morgan fingerprint density at radius 2 is 1.56 bits per heavy atom. The summed E-state index contributed by atoms with van der Waals surface area (Å²) in [5.74, 6) is 2.46. The predicted octanol–water partition coefficient (Wildman–Crippen LogP) is 8.48. The maximum Gasteiger partial charge on any atom is 0.335 e. The predicted molar refractivity (Wildman–Crippen MR) is 200 cm³/mol. The van der Waals surface area contributed by atoms with Crippen molar-refractivity contribution in [2.24, 2.45) is 51.2 Å². The molecule has 2 bridgehead atoms. The van der Waals surface area contributed by atoms with Crippen LogP contribution in [-0.4, -0.2) is 73.1 Å². The number of carboxylic acid groups (broad SMARTS) is 1. The summed E-state index contributed by atoms with van der Waals surface area (Å²) in [5, 5.41) is 13.8. The summed E-state index contributed by atoms with van der Waals surface area (Å²) >= 11 is 0. The van der Waals surface area contributed by atoms with Gasteiger partial charge in [-0.05, 0) is 139 Å². The smallest absolute Gasteiger partial charge is 0.335 e. The number of nitrogens with one attached hydrogen (secondary N) is 1. The van der Waals surface area contributed by atoms with Crippen LogP contribution in [0.15, 0.2) is 42.5 Å². The Hall–Kier alpha value is -1.99. The molecule has 0 radical (unpaired) electrons. The fourth-order valence-corrected chi connectivity index (χ4v) is 14.6. The van der Waals surface area contributed by atoms with Crippen LogP contribution < -0.4 is 5.32 Å². The van der Waals surface area contributed by atoms with Crippen molar-refractivity contribution in [3.8, 4) is 0 Å². The van der Waals surface area contributed by atoms with Gasteiger partial charge in [-0.3, -0.25) is 4.90 Å². The number of carboxylic acids is 1. The molecule has 4 saturated carbocycles. The first-order valence-electron chi connectivity index (χ1n) is 20.1. The van der Waals surface area contributed by atoms with Crippen LogP contribution in [0.25, 0.3) is 5.57 Å². The highest BCUT2D eigenvalue weighted by Gasteiger charge is 2.70. The lowest BCUT2D eigenvalue weighted by molar-refractivity contribution is -0.219. The van der Waals surface area contributed by atoms with Crippen LogP contribution in [0.4, 0.5) is 0 Å². The van der Waals surface area contributed by atoms with Gasteiger partial charge in [0, 0.05) is 18.6 Å². The number of benzene rings is 1. The van der Waals surface area contributed by atoms with Crippen LogP contribution in [0.5, 0.6) is 0 Å².